The molecule has 0 aliphatic rings. The number of carbonyl (C=O) groups excluding carboxylic acids is 1. The molecule has 0 fully saturated rings. The Morgan fingerprint density at radius 2 is 2.03 bits per heavy atom. The van der Waals surface area contributed by atoms with Gasteiger partial charge in [-0.05, 0) is 36.7 Å². The Morgan fingerprint density at radius 3 is 2.71 bits per heavy atom. The monoisotopic (exact) mass is 534 g/mol. The van der Waals surface area contributed by atoms with E-state index in [1.165, 1.54) is 11.3 Å². The molecule has 0 aliphatic carbocycles. The third kappa shape index (κ3) is 6.80. The average Bonchev–Trinajstić information content (AvgIpc) is 3.56. The van der Waals surface area contributed by atoms with Crippen molar-refractivity contribution in [3.05, 3.63) is 70.1 Å². The number of anilines is 2. The Hall–Kier alpha value is -3.67. The van der Waals surface area contributed by atoms with Crippen molar-refractivity contribution in [2.75, 3.05) is 18.5 Å². The van der Waals surface area contributed by atoms with Gasteiger partial charge in [-0.15, -0.1) is 11.3 Å². The van der Waals surface area contributed by atoms with Crippen molar-refractivity contribution < 1.29 is 9.90 Å². The van der Waals surface area contributed by atoms with Crippen LogP contribution in [0.5, 0.6) is 0 Å². The Kier molecular flexibility index (Phi) is 8.50. The summed E-state index contributed by atoms with van der Waals surface area (Å²) in [6.45, 7) is 9.63. The second-order valence-electron chi connectivity index (χ2n) is 10.2. The van der Waals surface area contributed by atoms with Crippen LogP contribution in [0.15, 0.2) is 49.1 Å². The molecule has 3 heterocycles. The van der Waals surface area contributed by atoms with Crippen LogP contribution in [0.1, 0.15) is 46.6 Å². The highest BCUT2D eigenvalue weighted by atomic mass is 32.1. The molecule has 5 N–H and O–H groups in total. The molecule has 4 rings (SSSR count). The van der Waals surface area contributed by atoms with Crippen molar-refractivity contribution in [1.82, 2.24) is 30.0 Å². The van der Waals surface area contributed by atoms with E-state index >= 15 is 0 Å². The van der Waals surface area contributed by atoms with Crippen molar-refractivity contribution in [3.63, 3.8) is 0 Å². The van der Waals surface area contributed by atoms with E-state index in [0.717, 1.165) is 33.1 Å². The largest absolute Gasteiger partial charge is 0.396 e. The van der Waals surface area contributed by atoms with Crippen LogP contribution in [0.2, 0.25) is 0 Å². The lowest BCUT2D eigenvalue weighted by Crippen LogP contribution is -2.23. The third-order valence-electron chi connectivity index (χ3n) is 6.03. The first-order chi connectivity index (χ1) is 18.2. The van der Waals surface area contributed by atoms with Crippen LogP contribution < -0.4 is 16.4 Å². The van der Waals surface area contributed by atoms with E-state index in [0.29, 0.717) is 30.5 Å². The highest BCUT2D eigenvalue weighted by molar-refractivity contribution is 7.13. The van der Waals surface area contributed by atoms with Crippen LogP contribution in [0.3, 0.4) is 0 Å². The van der Waals surface area contributed by atoms with E-state index < -0.39 is 0 Å². The lowest BCUT2D eigenvalue weighted by atomic mass is 9.98. The fourth-order valence-corrected chi connectivity index (χ4v) is 4.64. The van der Waals surface area contributed by atoms with Gasteiger partial charge in [-0.25, -0.2) is 15.0 Å². The van der Waals surface area contributed by atoms with Gasteiger partial charge in [-0.1, -0.05) is 32.9 Å². The van der Waals surface area contributed by atoms with Gasteiger partial charge in [0.05, 0.1) is 28.8 Å². The molecule has 1 aromatic carbocycles. The fourth-order valence-electron chi connectivity index (χ4n) is 3.75. The molecule has 0 saturated carbocycles. The second kappa shape index (κ2) is 11.8. The molecule has 0 spiro atoms. The lowest BCUT2D eigenvalue weighted by Gasteiger charge is -2.13. The number of thiazole rings is 1. The molecule has 0 bridgehead atoms. The molecule has 11 heteroatoms. The minimum atomic E-state index is -0.119. The first-order valence-electron chi connectivity index (χ1n) is 12.4. The number of carbonyl (C=O) groups is 1. The van der Waals surface area contributed by atoms with Crippen molar-refractivity contribution in [1.29, 1.82) is 0 Å². The highest BCUT2D eigenvalue weighted by Gasteiger charge is 2.20. The van der Waals surface area contributed by atoms with Crippen LogP contribution in [0.4, 0.5) is 11.6 Å². The molecule has 4 aromatic rings. The average molecular weight is 535 g/mol. The number of hydrogen-bond acceptors (Lipinski definition) is 9. The number of nitrogens with one attached hydrogen (secondary N) is 2. The van der Waals surface area contributed by atoms with Gasteiger partial charge < -0.3 is 21.5 Å². The maximum Gasteiger partial charge on any atom is 0.263 e. The molecule has 1 unspecified atom stereocenters. The van der Waals surface area contributed by atoms with E-state index in [4.69, 9.17) is 5.73 Å². The summed E-state index contributed by atoms with van der Waals surface area (Å²) in [5.74, 6) is 0.287. The predicted molar refractivity (Wildman–Crippen MR) is 149 cm³/mol. The summed E-state index contributed by atoms with van der Waals surface area (Å²) in [5, 5.41) is 20.8. The van der Waals surface area contributed by atoms with E-state index in [1.54, 1.807) is 23.3 Å². The molecule has 0 aliphatic heterocycles. The number of aliphatic hydroxyl groups is 1. The Labute approximate surface area is 226 Å². The van der Waals surface area contributed by atoms with Crippen molar-refractivity contribution in [2.45, 2.75) is 46.2 Å². The van der Waals surface area contributed by atoms with Crippen molar-refractivity contribution in [2.24, 2.45) is 11.7 Å². The number of nitrogens with two attached hydrogens (primary N) is 1. The number of nitrogens with zero attached hydrogens (tertiary/aromatic N) is 5. The van der Waals surface area contributed by atoms with E-state index in [2.05, 4.69) is 57.5 Å². The second-order valence-corrected chi connectivity index (χ2v) is 11.3. The molecule has 1 amide bonds. The third-order valence-corrected chi connectivity index (χ3v) is 7.45. The topological polar surface area (TPSA) is 144 Å². The summed E-state index contributed by atoms with van der Waals surface area (Å²) in [4.78, 5) is 26.6. The lowest BCUT2D eigenvalue weighted by molar-refractivity contribution is 0.0954. The number of amides is 1. The first-order valence-corrected chi connectivity index (χ1v) is 13.3. The summed E-state index contributed by atoms with van der Waals surface area (Å²) in [5.41, 5.74) is 10.1. The van der Waals surface area contributed by atoms with Gasteiger partial charge in [0.15, 0.2) is 0 Å². The molecule has 3 aromatic heterocycles. The Morgan fingerprint density at radius 1 is 1.21 bits per heavy atom. The normalized spacial score (nSPS) is 12.4. The molecule has 200 valence electrons. The quantitative estimate of drug-likeness (QED) is 0.241. The highest BCUT2D eigenvalue weighted by Crippen LogP contribution is 2.27. The van der Waals surface area contributed by atoms with Gasteiger partial charge in [0.2, 0.25) is 5.95 Å². The first kappa shape index (κ1) is 27.4. The summed E-state index contributed by atoms with van der Waals surface area (Å²) >= 11 is 1.43. The van der Waals surface area contributed by atoms with Crippen LogP contribution >= 0.6 is 11.3 Å². The summed E-state index contributed by atoms with van der Waals surface area (Å²) in [7, 11) is 0. The molecular formula is C27H34N8O2S. The minimum absolute atomic E-state index is 0.0132. The van der Waals surface area contributed by atoms with Gasteiger partial charge in [-0.3, -0.25) is 9.48 Å². The van der Waals surface area contributed by atoms with Gasteiger partial charge in [0.25, 0.3) is 5.91 Å². The SMILES string of the molecule is Cc1cc(-c2ccnc(Nc3cnn(CC(CN)CO)c3)n2)ccc1CNC(=O)c1cnc(C(C)(C)C)s1. The number of aliphatic hydroxyl groups excluding tert-OH is 1. The van der Waals surface area contributed by atoms with Gasteiger partial charge in [0.1, 0.15) is 4.88 Å². The van der Waals surface area contributed by atoms with Gasteiger partial charge >= 0.3 is 0 Å². The Balaban J connectivity index is 1.40. The standard InChI is InChI=1S/C27H34N8O2S/c1-17-9-19(5-6-20(17)11-30-24(37)23-13-31-25(38-23)27(2,3)4)22-7-8-29-26(34-22)33-21-12-32-35(15-21)14-18(10-28)16-36/h5-9,12-13,15,18,36H,10-11,14,16,28H2,1-4H3,(H,30,37)(H,29,33,34). The van der Waals surface area contributed by atoms with Crippen LogP contribution in [-0.2, 0) is 18.5 Å². The zero-order chi connectivity index (χ0) is 27.3. The van der Waals surface area contributed by atoms with E-state index in [9.17, 15) is 9.90 Å². The van der Waals surface area contributed by atoms with Crippen LogP contribution in [0.25, 0.3) is 11.3 Å². The smallest absolute Gasteiger partial charge is 0.263 e. The summed E-state index contributed by atoms with van der Waals surface area (Å²) in [6, 6.07) is 7.91. The van der Waals surface area contributed by atoms with E-state index in [1.807, 2.05) is 31.3 Å². The van der Waals surface area contributed by atoms with Gasteiger partial charge in [0, 0.05) is 49.0 Å². The predicted octanol–water partition coefficient (Wildman–Crippen LogP) is 3.64. The molecular weight excluding hydrogens is 500 g/mol. The summed E-state index contributed by atoms with van der Waals surface area (Å²) in [6.07, 6.45) is 6.87. The van der Waals surface area contributed by atoms with Gasteiger partial charge in [-0.2, -0.15) is 5.10 Å². The zero-order valence-corrected chi connectivity index (χ0v) is 22.9. The number of benzene rings is 1. The minimum Gasteiger partial charge on any atom is -0.396 e. The molecule has 10 nitrogen and oxygen atoms in total. The molecule has 1 atom stereocenters. The maximum atomic E-state index is 12.6. The Bertz CT molecular complexity index is 1390. The molecule has 38 heavy (non-hydrogen) atoms. The number of aromatic nitrogens is 5. The number of rotatable bonds is 10. The summed E-state index contributed by atoms with van der Waals surface area (Å²) < 4.78 is 1.74. The van der Waals surface area contributed by atoms with E-state index in [-0.39, 0.29) is 23.8 Å². The zero-order valence-electron chi connectivity index (χ0n) is 22.1. The van der Waals surface area contributed by atoms with Crippen LogP contribution in [0, 0.1) is 12.8 Å². The van der Waals surface area contributed by atoms with Crippen molar-refractivity contribution >= 4 is 28.9 Å². The fraction of sp³-hybridized carbons (Fsp3) is 0.370. The maximum absolute atomic E-state index is 12.6. The number of aryl methyl sites for hydroxylation is 1. The van der Waals surface area contributed by atoms with Crippen molar-refractivity contribution in [3.8, 4) is 11.3 Å². The molecule has 0 radical (unpaired) electrons. The van der Waals surface area contributed by atoms with Crippen LogP contribution in [-0.4, -0.2) is 48.9 Å². The number of hydrogen-bond donors (Lipinski definition) is 4. The molecule has 0 saturated heterocycles.